The van der Waals surface area contributed by atoms with Gasteiger partial charge in [-0.1, -0.05) is 0 Å². The summed E-state index contributed by atoms with van der Waals surface area (Å²) < 4.78 is 62.1. The number of ether oxygens (including phenoxy) is 5. The van der Waals surface area contributed by atoms with Crippen LogP contribution in [0.1, 0.15) is 6.92 Å². The molecule has 0 radical (unpaired) electrons. The summed E-state index contributed by atoms with van der Waals surface area (Å²) in [7, 11) is -2.69. The first-order valence-electron chi connectivity index (χ1n) is 8.89. The Morgan fingerprint density at radius 1 is 1.06 bits per heavy atom. The zero-order valence-corrected chi connectivity index (χ0v) is 17.5. The molecule has 2 fully saturated rings. The lowest BCUT2D eigenvalue weighted by Gasteiger charge is -2.45. The van der Waals surface area contributed by atoms with Gasteiger partial charge in [0.25, 0.3) is 0 Å². The van der Waals surface area contributed by atoms with Gasteiger partial charge in [-0.25, -0.2) is 8.98 Å². The molecule has 5 N–H and O–H groups in total. The first kappa shape index (κ1) is 25.8. The van der Waals surface area contributed by atoms with Gasteiger partial charge in [0, 0.05) is 21.1 Å². The third-order valence-corrected chi connectivity index (χ3v) is 5.13. The lowest BCUT2D eigenvalue weighted by molar-refractivity contribution is -0.329. The summed E-state index contributed by atoms with van der Waals surface area (Å²) >= 11 is 0. The molecular formula is C15H25NO14S. The van der Waals surface area contributed by atoms with Crippen LogP contribution in [0.2, 0.25) is 0 Å². The van der Waals surface area contributed by atoms with E-state index in [9.17, 15) is 33.3 Å². The van der Waals surface area contributed by atoms with E-state index in [4.69, 9.17) is 28.2 Å². The van der Waals surface area contributed by atoms with Crippen molar-refractivity contribution in [3.63, 3.8) is 0 Å². The topological polar surface area (TPSA) is 217 Å². The second-order valence-electron chi connectivity index (χ2n) is 6.77. The highest BCUT2D eigenvalue weighted by atomic mass is 32.3. The fourth-order valence-corrected chi connectivity index (χ4v) is 3.83. The van der Waals surface area contributed by atoms with Gasteiger partial charge in [-0.15, -0.1) is 0 Å². The van der Waals surface area contributed by atoms with Gasteiger partial charge in [-0.05, 0) is 0 Å². The molecule has 0 bridgehead atoms. The van der Waals surface area contributed by atoms with E-state index >= 15 is 0 Å². The predicted molar refractivity (Wildman–Crippen MR) is 94.8 cm³/mol. The second kappa shape index (κ2) is 10.4. The van der Waals surface area contributed by atoms with Crippen molar-refractivity contribution >= 4 is 22.3 Å². The van der Waals surface area contributed by atoms with E-state index in [1.807, 2.05) is 0 Å². The largest absolute Gasteiger partial charge is 0.479 e. The van der Waals surface area contributed by atoms with Crippen molar-refractivity contribution in [3.05, 3.63) is 0 Å². The van der Waals surface area contributed by atoms with Crippen molar-refractivity contribution in [2.24, 2.45) is 0 Å². The third-order valence-electron chi connectivity index (χ3n) is 4.64. The van der Waals surface area contributed by atoms with E-state index < -0.39 is 84.1 Å². The average molecular weight is 475 g/mol. The molecule has 0 aliphatic carbocycles. The summed E-state index contributed by atoms with van der Waals surface area (Å²) in [6.07, 6.45) is -12.9. The Balaban J connectivity index is 2.36. The van der Waals surface area contributed by atoms with Crippen LogP contribution in [-0.4, -0.2) is 116 Å². The molecule has 2 saturated heterocycles. The number of rotatable bonds is 8. The van der Waals surface area contributed by atoms with Gasteiger partial charge in [-0.2, -0.15) is 8.42 Å². The number of carboxylic acids is 1. The zero-order chi connectivity index (χ0) is 23.5. The van der Waals surface area contributed by atoms with Crippen molar-refractivity contribution in [1.29, 1.82) is 0 Å². The van der Waals surface area contributed by atoms with Gasteiger partial charge in [0.2, 0.25) is 5.91 Å². The van der Waals surface area contributed by atoms with Crippen molar-refractivity contribution in [2.75, 3.05) is 20.8 Å². The number of amides is 1. The van der Waals surface area contributed by atoms with E-state index in [1.165, 1.54) is 7.11 Å². The summed E-state index contributed by atoms with van der Waals surface area (Å²) in [6.45, 7) is 0.629. The molecule has 1 amide bonds. The molecular weight excluding hydrogens is 450 g/mol. The van der Waals surface area contributed by atoms with Gasteiger partial charge >= 0.3 is 16.4 Å². The molecule has 31 heavy (non-hydrogen) atoms. The fourth-order valence-electron chi connectivity index (χ4n) is 3.35. The third kappa shape index (κ3) is 6.28. The molecule has 180 valence electrons. The SMILES string of the molecule is CO[C@@H]1OC[C@H](OS(=O)(=O)O)[C@H](O[C@@H]2OC(C(=O)O)[C@@H](OC)[C@H](O)C2O)C1NC(C)=O. The highest BCUT2D eigenvalue weighted by Crippen LogP contribution is 2.29. The van der Waals surface area contributed by atoms with Gasteiger partial charge in [0.05, 0.1) is 6.61 Å². The minimum absolute atomic E-state index is 0.506. The molecule has 0 aromatic rings. The van der Waals surface area contributed by atoms with E-state index in [0.717, 1.165) is 14.0 Å². The van der Waals surface area contributed by atoms with Crippen LogP contribution in [0.4, 0.5) is 0 Å². The monoisotopic (exact) mass is 475 g/mol. The van der Waals surface area contributed by atoms with E-state index in [1.54, 1.807) is 0 Å². The Hall–Kier alpha value is -1.47. The highest BCUT2D eigenvalue weighted by Gasteiger charge is 2.52. The van der Waals surface area contributed by atoms with Gasteiger partial charge < -0.3 is 44.3 Å². The van der Waals surface area contributed by atoms with Crippen LogP contribution in [0.25, 0.3) is 0 Å². The lowest BCUT2D eigenvalue weighted by atomic mass is 9.97. The minimum atomic E-state index is -5.02. The smallest absolute Gasteiger partial charge is 0.397 e. The summed E-state index contributed by atoms with van der Waals surface area (Å²) in [4.78, 5) is 23.1. The number of methoxy groups -OCH3 is 2. The number of hydrogen-bond donors (Lipinski definition) is 5. The number of aliphatic hydroxyl groups excluding tert-OH is 2. The highest BCUT2D eigenvalue weighted by molar-refractivity contribution is 7.80. The number of nitrogens with one attached hydrogen (secondary N) is 1. The van der Waals surface area contributed by atoms with Crippen molar-refractivity contribution in [1.82, 2.24) is 5.32 Å². The number of carbonyl (C=O) groups is 2. The van der Waals surface area contributed by atoms with Crippen LogP contribution in [0.5, 0.6) is 0 Å². The molecule has 2 rings (SSSR count). The molecule has 2 heterocycles. The van der Waals surface area contributed by atoms with E-state index in [-0.39, 0.29) is 0 Å². The van der Waals surface area contributed by atoms with E-state index in [2.05, 4.69) is 9.50 Å². The molecule has 3 unspecified atom stereocenters. The standard InChI is InChI=1S/C15H25NO14S/c1-5(17)16-7-10(6(30-31(22,23)24)4-27-14(7)26-3)28-15-9(19)8(18)11(25-2)12(29-15)13(20)21/h6-12,14-15,18-19H,4H2,1-3H3,(H,16,17)(H,20,21)(H,22,23,24)/t6-,7?,8+,9?,10-,11-,12?,14+,15+/m0/s1. The molecule has 0 spiro atoms. The molecule has 16 heteroatoms. The maximum Gasteiger partial charge on any atom is 0.397 e. The minimum Gasteiger partial charge on any atom is -0.479 e. The number of aliphatic carboxylic acids is 1. The first-order valence-corrected chi connectivity index (χ1v) is 10.3. The molecule has 0 aromatic carbocycles. The first-order chi connectivity index (χ1) is 14.4. The summed E-state index contributed by atoms with van der Waals surface area (Å²) in [5.41, 5.74) is 0. The number of carboxylic acid groups (broad SMARTS) is 1. The van der Waals surface area contributed by atoms with Gasteiger partial charge in [0.1, 0.15) is 36.6 Å². The number of hydrogen-bond acceptors (Lipinski definition) is 12. The molecule has 2 aliphatic rings. The summed E-state index contributed by atoms with van der Waals surface area (Å²) in [6, 6.07) is -1.25. The number of aliphatic hydroxyl groups is 2. The lowest BCUT2D eigenvalue weighted by Crippen LogP contribution is -2.66. The molecule has 9 atom stereocenters. The predicted octanol–water partition coefficient (Wildman–Crippen LogP) is -3.39. The quantitative estimate of drug-likeness (QED) is 0.216. The Morgan fingerprint density at radius 3 is 2.19 bits per heavy atom. The molecule has 15 nitrogen and oxygen atoms in total. The van der Waals surface area contributed by atoms with Crippen LogP contribution in [-0.2, 0) is 47.9 Å². The zero-order valence-electron chi connectivity index (χ0n) is 16.7. The molecule has 0 aromatic heterocycles. The van der Waals surface area contributed by atoms with Crippen LogP contribution in [0, 0.1) is 0 Å². The summed E-state index contributed by atoms with van der Waals surface area (Å²) in [5, 5.41) is 32.3. The van der Waals surface area contributed by atoms with Gasteiger partial charge in [-0.3, -0.25) is 9.35 Å². The molecule has 0 saturated carbocycles. The maximum absolute atomic E-state index is 11.6. The average Bonchev–Trinajstić information content (AvgIpc) is 2.65. The van der Waals surface area contributed by atoms with Crippen molar-refractivity contribution < 1.29 is 65.7 Å². The molecule has 2 aliphatic heterocycles. The van der Waals surface area contributed by atoms with Crippen LogP contribution < -0.4 is 5.32 Å². The Bertz CT molecular complexity index is 746. The van der Waals surface area contributed by atoms with Crippen molar-refractivity contribution in [2.45, 2.75) is 62.2 Å². The van der Waals surface area contributed by atoms with Crippen LogP contribution in [0.15, 0.2) is 0 Å². The number of carbonyl (C=O) groups excluding carboxylic acids is 1. The Kier molecular flexibility index (Phi) is 8.68. The fraction of sp³-hybridized carbons (Fsp3) is 0.867. The Morgan fingerprint density at radius 2 is 1.71 bits per heavy atom. The van der Waals surface area contributed by atoms with Crippen molar-refractivity contribution in [3.8, 4) is 0 Å². The maximum atomic E-state index is 11.6. The van der Waals surface area contributed by atoms with Crippen LogP contribution in [0.3, 0.4) is 0 Å². The Labute approximate surface area is 177 Å². The summed E-state index contributed by atoms with van der Waals surface area (Å²) in [5.74, 6) is -2.14. The second-order valence-corrected chi connectivity index (χ2v) is 7.82. The van der Waals surface area contributed by atoms with E-state index in [0.29, 0.717) is 0 Å². The normalized spacial score (nSPS) is 39.1. The van der Waals surface area contributed by atoms with Crippen LogP contribution >= 0.6 is 0 Å². The van der Waals surface area contributed by atoms with Gasteiger partial charge in [0.15, 0.2) is 18.7 Å².